The number of nitrogens with zero attached hydrogens (tertiary/aromatic N) is 2. The van der Waals surface area contributed by atoms with Crippen LogP contribution >= 0.6 is 36.0 Å². The fourth-order valence-corrected chi connectivity index (χ4v) is 3.39. The van der Waals surface area contributed by atoms with Gasteiger partial charge >= 0.3 is 12.4 Å². The molecule has 0 spiro atoms. The summed E-state index contributed by atoms with van der Waals surface area (Å²) in [6.07, 6.45) is -3.43. The molecule has 3 aromatic rings. The second-order valence-corrected chi connectivity index (χ2v) is 7.28. The number of alkyl halides is 3. The molecule has 0 bridgehead atoms. The maximum absolute atomic E-state index is 12.8. The molecule has 2 amide bonds. The second kappa shape index (κ2) is 9.67. The van der Waals surface area contributed by atoms with E-state index >= 15 is 0 Å². The maximum Gasteiger partial charge on any atom is 0.573 e. The number of para-hydroxylation sites is 1. The van der Waals surface area contributed by atoms with Crippen LogP contribution in [0.15, 0.2) is 60.8 Å². The number of hydrogen-bond acceptors (Lipinski definition) is 4. The molecule has 1 heterocycles. The third kappa shape index (κ3) is 5.75. The highest BCUT2D eigenvalue weighted by molar-refractivity contribution is 7.82. The summed E-state index contributed by atoms with van der Waals surface area (Å²) in [5.41, 5.74) is 1.10. The normalized spacial score (nSPS) is 11.2. The van der Waals surface area contributed by atoms with Crippen molar-refractivity contribution in [2.45, 2.75) is 12.9 Å². The Labute approximate surface area is 191 Å². The van der Waals surface area contributed by atoms with Crippen molar-refractivity contribution in [2.24, 2.45) is 0 Å². The van der Waals surface area contributed by atoms with E-state index in [1.165, 1.54) is 24.4 Å². The Morgan fingerprint density at radius 1 is 1.10 bits per heavy atom. The minimum Gasteiger partial charge on any atom is -0.405 e. The van der Waals surface area contributed by atoms with Gasteiger partial charge in [-0.25, -0.2) is 9.10 Å². The molecule has 0 fully saturated rings. The number of halogens is 5. The molecular weight excluding hydrogens is 474 g/mol. The highest BCUT2D eigenvalue weighted by atomic mass is 35.5. The number of aromatic nitrogens is 1. The number of rotatable bonds is 5. The minimum atomic E-state index is -4.86. The summed E-state index contributed by atoms with van der Waals surface area (Å²) < 4.78 is 43.4. The van der Waals surface area contributed by atoms with Crippen LogP contribution in [0.1, 0.15) is 5.56 Å². The van der Waals surface area contributed by atoms with Gasteiger partial charge in [-0.15, -0.1) is 13.2 Å². The number of ether oxygens (including phenoxy) is 1. The van der Waals surface area contributed by atoms with E-state index in [9.17, 15) is 18.0 Å². The lowest BCUT2D eigenvalue weighted by Gasteiger charge is -2.19. The minimum absolute atomic E-state index is 0.0440. The lowest BCUT2D eigenvalue weighted by atomic mass is 10.0. The molecule has 0 saturated heterocycles. The number of amides is 2. The number of nitrogens with one attached hydrogen (secondary N) is 1. The van der Waals surface area contributed by atoms with Crippen LogP contribution < -0.4 is 14.4 Å². The van der Waals surface area contributed by atoms with Crippen molar-refractivity contribution in [1.29, 1.82) is 0 Å². The van der Waals surface area contributed by atoms with Gasteiger partial charge < -0.3 is 10.1 Å². The van der Waals surface area contributed by atoms with Crippen molar-refractivity contribution in [1.82, 2.24) is 10.3 Å². The van der Waals surface area contributed by atoms with Gasteiger partial charge in [0.2, 0.25) is 0 Å². The molecule has 0 radical (unpaired) electrons. The quantitative estimate of drug-likeness (QED) is 0.403. The van der Waals surface area contributed by atoms with Crippen LogP contribution in [0.5, 0.6) is 5.75 Å². The highest BCUT2D eigenvalue weighted by Gasteiger charge is 2.32. The van der Waals surface area contributed by atoms with E-state index in [1.54, 1.807) is 36.4 Å². The van der Waals surface area contributed by atoms with Gasteiger partial charge in [-0.2, -0.15) is 0 Å². The van der Waals surface area contributed by atoms with Crippen LogP contribution in [-0.2, 0) is 6.54 Å². The summed E-state index contributed by atoms with van der Waals surface area (Å²) in [4.78, 5) is 16.7. The third-order valence-corrected chi connectivity index (χ3v) is 5.25. The fourth-order valence-electron chi connectivity index (χ4n) is 2.71. The average molecular weight is 488 g/mol. The first-order valence-electron chi connectivity index (χ1n) is 8.67. The highest BCUT2D eigenvalue weighted by Crippen LogP contribution is 2.35. The molecule has 1 N–H and O–H groups in total. The summed E-state index contributed by atoms with van der Waals surface area (Å²) in [6, 6.07) is 13.0. The number of benzene rings is 2. The molecule has 1 aromatic heterocycles. The van der Waals surface area contributed by atoms with Crippen molar-refractivity contribution >= 4 is 47.7 Å². The summed E-state index contributed by atoms with van der Waals surface area (Å²) in [6.45, 7) is -0.0440. The van der Waals surface area contributed by atoms with Gasteiger partial charge in [0.15, 0.2) is 0 Å². The van der Waals surface area contributed by atoms with Crippen LogP contribution in [0.3, 0.4) is 0 Å². The molecule has 0 unspecified atom stereocenters. The van der Waals surface area contributed by atoms with E-state index in [4.69, 9.17) is 23.2 Å². The largest absolute Gasteiger partial charge is 0.573 e. The SMILES string of the molecule is O=C(NCc1cccnc1-c1ccccc1OC(F)(F)F)N(S)c1cccc(Cl)c1Cl. The van der Waals surface area contributed by atoms with Gasteiger partial charge in [-0.3, -0.25) is 4.98 Å². The first-order valence-corrected chi connectivity index (χ1v) is 9.83. The molecule has 0 aliphatic rings. The Hall–Kier alpha value is -2.62. The van der Waals surface area contributed by atoms with Gasteiger partial charge in [-0.1, -0.05) is 60.3 Å². The predicted octanol–water partition coefficient (Wildman–Crippen LogP) is 6.52. The number of pyridine rings is 1. The molecule has 11 heteroatoms. The molecule has 0 aliphatic heterocycles. The summed E-state index contributed by atoms with van der Waals surface area (Å²) >= 11 is 16.2. The van der Waals surface area contributed by atoms with Crippen molar-refractivity contribution in [3.8, 4) is 17.0 Å². The summed E-state index contributed by atoms with van der Waals surface area (Å²) in [5.74, 6) is -0.400. The van der Waals surface area contributed by atoms with Gasteiger partial charge in [0.05, 0.1) is 21.4 Å². The molecule has 0 saturated carbocycles. The van der Waals surface area contributed by atoms with E-state index in [1.807, 2.05) is 0 Å². The summed E-state index contributed by atoms with van der Waals surface area (Å²) in [7, 11) is 0. The van der Waals surface area contributed by atoms with Crippen molar-refractivity contribution in [3.05, 3.63) is 76.4 Å². The first kappa shape index (κ1) is 23.1. The Bertz CT molecular complexity index is 1100. The van der Waals surface area contributed by atoms with Crippen molar-refractivity contribution < 1.29 is 22.7 Å². The van der Waals surface area contributed by atoms with Gasteiger partial charge in [0.1, 0.15) is 5.75 Å². The summed E-state index contributed by atoms with van der Waals surface area (Å²) in [5, 5.41) is 3.03. The molecule has 0 atom stereocenters. The van der Waals surface area contributed by atoms with Crippen LogP contribution in [-0.4, -0.2) is 17.4 Å². The van der Waals surface area contributed by atoms with Crippen LogP contribution in [0.25, 0.3) is 11.3 Å². The Kier molecular flexibility index (Phi) is 7.19. The monoisotopic (exact) mass is 487 g/mol. The van der Waals surface area contributed by atoms with Crippen molar-refractivity contribution in [2.75, 3.05) is 4.31 Å². The number of carbonyl (C=O) groups is 1. The van der Waals surface area contributed by atoms with Crippen LogP contribution in [0.4, 0.5) is 23.7 Å². The van der Waals surface area contributed by atoms with Gasteiger partial charge in [-0.05, 0) is 35.9 Å². The van der Waals surface area contributed by atoms with E-state index in [2.05, 4.69) is 27.9 Å². The van der Waals surface area contributed by atoms with E-state index in [0.29, 0.717) is 5.56 Å². The molecule has 5 nitrogen and oxygen atoms in total. The molecule has 2 aromatic carbocycles. The van der Waals surface area contributed by atoms with Crippen LogP contribution in [0.2, 0.25) is 10.0 Å². The average Bonchev–Trinajstić information content (AvgIpc) is 2.73. The van der Waals surface area contributed by atoms with Crippen LogP contribution in [0, 0.1) is 0 Å². The number of urea groups is 1. The molecule has 162 valence electrons. The van der Waals surface area contributed by atoms with E-state index in [0.717, 1.165) is 4.31 Å². The number of carbonyl (C=O) groups excluding carboxylic acids is 1. The second-order valence-electron chi connectivity index (χ2n) is 6.10. The van der Waals surface area contributed by atoms with E-state index < -0.39 is 18.1 Å². The number of thiol groups is 1. The predicted molar refractivity (Wildman–Crippen MR) is 117 cm³/mol. The zero-order chi connectivity index (χ0) is 22.6. The Balaban J connectivity index is 1.83. The van der Waals surface area contributed by atoms with E-state index in [-0.39, 0.29) is 33.5 Å². The fraction of sp³-hybridized carbons (Fsp3) is 0.100. The topological polar surface area (TPSA) is 54.5 Å². The molecule has 31 heavy (non-hydrogen) atoms. The van der Waals surface area contributed by atoms with Gasteiger partial charge in [0.25, 0.3) is 0 Å². The zero-order valence-electron chi connectivity index (χ0n) is 15.5. The Morgan fingerprint density at radius 2 is 1.84 bits per heavy atom. The van der Waals surface area contributed by atoms with Crippen molar-refractivity contribution in [3.63, 3.8) is 0 Å². The molecular formula is C20H14Cl2F3N3O2S. The third-order valence-electron chi connectivity index (χ3n) is 4.04. The molecule has 3 rings (SSSR count). The lowest BCUT2D eigenvalue weighted by molar-refractivity contribution is -0.274. The zero-order valence-corrected chi connectivity index (χ0v) is 17.9. The number of anilines is 1. The number of hydrogen-bond donors (Lipinski definition) is 2. The molecule has 0 aliphatic carbocycles. The standard InChI is InChI=1S/C20H14Cl2F3N3O2S/c21-14-7-3-8-15(17(14)22)28(31)19(29)27-11-12-5-4-10-26-18(12)13-6-1-2-9-16(13)30-20(23,24)25/h1-10,31H,11H2,(H,27,29). The maximum atomic E-state index is 12.8. The smallest absolute Gasteiger partial charge is 0.405 e. The Morgan fingerprint density at radius 3 is 2.58 bits per heavy atom. The van der Waals surface area contributed by atoms with Gasteiger partial charge in [0, 0.05) is 18.3 Å². The first-order chi connectivity index (χ1) is 14.7. The lowest BCUT2D eigenvalue weighted by Crippen LogP contribution is -2.33.